The lowest BCUT2D eigenvalue weighted by Crippen LogP contribution is -2.23. The number of nitrogens with zero attached hydrogens (tertiary/aromatic N) is 2. The molecule has 0 saturated heterocycles. The first-order valence-corrected chi connectivity index (χ1v) is 7.10. The zero-order valence-electron chi connectivity index (χ0n) is 12.0. The summed E-state index contributed by atoms with van der Waals surface area (Å²) in [5.74, 6) is 0. The van der Waals surface area contributed by atoms with Gasteiger partial charge in [-0.3, -0.25) is 4.68 Å². The van der Waals surface area contributed by atoms with Crippen LogP contribution in [0.5, 0.6) is 0 Å². The normalized spacial score (nSPS) is 19.6. The molecule has 106 valence electrons. The number of aryl methyl sites for hydroxylation is 2. The second kappa shape index (κ2) is 5.38. The summed E-state index contributed by atoms with van der Waals surface area (Å²) in [5.41, 5.74) is 11.1. The van der Waals surface area contributed by atoms with Crippen LogP contribution in [0.15, 0.2) is 30.3 Å². The maximum atomic E-state index is 6.36. The van der Waals surface area contributed by atoms with Crippen LogP contribution in [-0.2, 0) is 18.2 Å². The van der Waals surface area contributed by atoms with Crippen molar-refractivity contribution in [3.8, 4) is 0 Å². The highest BCUT2D eigenvalue weighted by Crippen LogP contribution is 2.33. The molecule has 0 saturated carbocycles. The Morgan fingerprint density at radius 2 is 2.25 bits per heavy atom. The molecule has 2 atom stereocenters. The van der Waals surface area contributed by atoms with Gasteiger partial charge in [-0.05, 0) is 37.0 Å². The van der Waals surface area contributed by atoms with Crippen molar-refractivity contribution in [3.05, 3.63) is 52.8 Å². The Balaban J connectivity index is 1.80. The topological polar surface area (TPSA) is 53.1 Å². The zero-order valence-corrected chi connectivity index (χ0v) is 12.0. The van der Waals surface area contributed by atoms with Crippen molar-refractivity contribution in [1.29, 1.82) is 0 Å². The first kappa shape index (κ1) is 13.3. The largest absolute Gasteiger partial charge is 0.373 e. The van der Waals surface area contributed by atoms with E-state index in [-0.39, 0.29) is 12.1 Å². The summed E-state index contributed by atoms with van der Waals surface area (Å²) in [5, 5.41) is 4.37. The van der Waals surface area contributed by atoms with Gasteiger partial charge in [-0.1, -0.05) is 24.3 Å². The molecule has 2 unspecified atom stereocenters. The molecule has 2 heterocycles. The third kappa shape index (κ3) is 2.49. The number of aromatic nitrogens is 2. The fourth-order valence-corrected chi connectivity index (χ4v) is 3.00. The third-order valence-corrected chi connectivity index (χ3v) is 3.98. The van der Waals surface area contributed by atoms with E-state index in [1.165, 1.54) is 11.1 Å². The molecule has 1 aliphatic rings. The molecule has 2 aromatic rings. The number of hydrogen-bond donors (Lipinski definition) is 1. The van der Waals surface area contributed by atoms with Gasteiger partial charge < -0.3 is 10.5 Å². The SMILES string of the molecule is Cc1cc(C(N)CC2OCCc3ccccc32)n(C)n1. The Morgan fingerprint density at radius 1 is 1.45 bits per heavy atom. The Morgan fingerprint density at radius 3 is 3.00 bits per heavy atom. The van der Waals surface area contributed by atoms with Crippen LogP contribution in [0.3, 0.4) is 0 Å². The molecule has 4 heteroatoms. The molecule has 0 spiro atoms. The zero-order chi connectivity index (χ0) is 14.1. The van der Waals surface area contributed by atoms with Crippen LogP contribution < -0.4 is 5.73 Å². The van der Waals surface area contributed by atoms with Crippen LogP contribution in [0, 0.1) is 6.92 Å². The van der Waals surface area contributed by atoms with Crippen molar-refractivity contribution in [2.45, 2.75) is 31.9 Å². The minimum Gasteiger partial charge on any atom is -0.373 e. The summed E-state index contributed by atoms with van der Waals surface area (Å²) in [6.45, 7) is 2.77. The fourth-order valence-electron chi connectivity index (χ4n) is 3.00. The molecule has 0 amide bonds. The van der Waals surface area contributed by atoms with Crippen molar-refractivity contribution in [1.82, 2.24) is 9.78 Å². The monoisotopic (exact) mass is 271 g/mol. The van der Waals surface area contributed by atoms with Crippen molar-refractivity contribution in [2.75, 3.05) is 6.61 Å². The molecular weight excluding hydrogens is 250 g/mol. The van der Waals surface area contributed by atoms with Crippen LogP contribution in [-0.4, -0.2) is 16.4 Å². The van der Waals surface area contributed by atoms with Crippen molar-refractivity contribution in [3.63, 3.8) is 0 Å². The lowest BCUT2D eigenvalue weighted by atomic mass is 9.93. The second-order valence-corrected chi connectivity index (χ2v) is 5.48. The van der Waals surface area contributed by atoms with Gasteiger partial charge in [0.15, 0.2) is 0 Å². The highest BCUT2D eigenvalue weighted by molar-refractivity contribution is 5.31. The number of benzene rings is 1. The maximum Gasteiger partial charge on any atom is 0.0846 e. The predicted molar refractivity (Wildman–Crippen MR) is 78.3 cm³/mol. The first-order chi connectivity index (χ1) is 9.65. The number of fused-ring (bicyclic) bond motifs is 1. The molecule has 1 aromatic heterocycles. The summed E-state index contributed by atoms with van der Waals surface area (Å²) < 4.78 is 7.80. The number of ether oxygens (including phenoxy) is 1. The van der Waals surface area contributed by atoms with Gasteiger partial charge in [0.25, 0.3) is 0 Å². The predicted octanol–water partition coefficient (Wildman–Crippen LogP) is 2.43. The van der Waals surface area contributed by atoms with Gasteiger partial charge in [0.1, 0.15) is 0 Å². The number of rotatable bonds is 3. The quantitative estimate of drug-likeness (QED) is 0.933. The minimum atomic E-state index is -0.0580. The van der Waals surface area contributed by atoms with E-state index < -0.39 is 0 Å². The van der Waals surface area contributed by atoms with E-state index in [1.54, 1.807) is 0 Å². The van der Waals surface area contributed by atoms with Gasteiger partial charge in [0.2, 0.25) is 0 Å². The smallest absolute Gasteiger partial charge is 0.0846 e. The average Bonchev–Trinajstić information content (AvgIpc) is 2.78. The molecule has 4 nitrogen and oxygen atoms in total. The Hall–Kier alpha value is -1.65. The summed E-state index contributed by atoms with van der Waals surface area (Å²) in [6, 6.07) is 10.5. The second-order valence-electron chi connectivity index (χ2n) is 5.48. The van der Waals surface area contributed by atoms with Gasteiger partial charge >= 0.3 is 0 Å². The molecule has 0 bridgehead atoms. The summed E-state index contributed by atoms with van der Waals surface area (Å²) in [7, 11) is 1.94. The highest BCUT2D eigenvalue weighted by Gasteiger charge is 2.24. The molecule has 2 N–H and O–H groups in total. The van der Waals surface area contributed by atoms with Gasteiger partial charge in [-0.15, -0.1) is 0 Å². The van der Waals surface area contributed by atoms with E-state index in [0.29, 0.717) is 0 Å². The molecule has 20 heavy (non-hydrogen) atoms. The Bertz CT molecular complexity index is 606. The van der Waals surface area contributed by atoms with Gasteiger partial charge in [0.05, 0.1) is 24.1 Å². The number of hydrogen-bond acceptors (Lipinski definition) is 3. The highest BCUT2D eigenvalue weighted by atomic mass is 16.5. The average molecular weight is 271 g/mol. The Labute approximate surface area is 119 Å². The molecule has 0 fully saturated rings. The fraction of sp³-hybridized carbons (Fsp3) is 0.438. The van der Waals surface area contributed by atoms with E-state index in [9.17, 15) is 0 Å². The van der Waals surface area contributed by atoms with Crippen molar-refractivity contribution < 1.29 is 4.74 Å². The summed E-state index contributed by atoms with van der Waals surface area (Å²) >= 11 is 0. The van der Waals surface area contributed by atoms with Gasteiger partial charge in [-0.25, -0.2) is 0 Å². The van der Waals surface area contributed by atoms with E-state index in [2.05, 4.69) is 35.4 Å². The van der Waals surface area contributed by atoms with Crippen LogP contribution in [0.2, 0.25) is 0 Å². The first-order valence-electron chi connectivity index (χ1n) is 7.10. The Kier molecular flexibility index (Phi) is 3.59. The minimum absolute atomic E-state index is 0.0580. The standard InChI is InChI=1S/C16H21N3O/c1-11-9-15(19(2)18-11)14(17)10-16-13-6-4-3-5-12(13)7-8-20-16/h3-6,9,14,16H,7-8,10,17H2,1-2H3. The van der Waals surface area contributed by atoms with Crippen molar-refractivity contribution in [2.24, 2.45) is 12.8 Å². The summed E-state index contributed by atoms with van der Waals surface area (Å²) in [4.78, 5) is 0. The molecule has 1 aromatic carbocycles. The van der Waals surface area contributed by atoms with Crippen LogP contribution in [0.1, 0.15) is 41.1 Å². The van der Waals surface area contributed by atoms with E-state index in [1.807, 2.05) is 18.7 Å². The van der Waals surface area contributed by atoms with E-state index in [4.69, 9.17) is 10.5 Å². The van der Waals surface area contributed by atoms with E-state index >= 15 is 0 Å². The third-order valence-electron chi connectivity index (χ3n) is 3.98. The van der Waals surface area contributed by atoms with E-state index in [0.717, 1.165) is 30.8 Å². The molecule has 0 radical (unpaired) electrons. The number of nitrogens with two attached hydrogens (primary N) is 1. The van der Waals surface area contributed by atoms with Crippen LogP contribution >= 0.6 is 0 Å². The molecule has 1 aliphatic heterocycles. The maximum absolute atomic E-state index is 6.36. The van der Waals surface area contributed by atoms with Crippen LogP contribution in [0.25, 0.3) is 0 Å². The molecular formula is C16H21N3O. The molecule has 0 aliphatic carbocycles. The van der Waals surface area contributed by atoms with Crippen LogP contribution in [0.4, 0.5) is 0 Å². The lowest BCUT2D eigenvalue weighted by Gasteiger charge is -2.28. The van der Waals surface area contributed by atoms with Crippen molar-refractivity contribution >= 4 is 0 Å². The molecule has 3 rings (SSSR count). The summed E-state index contributed by atoms with van der Waals surface area (Å²) in [6.07, 6.45) is 1.87. The van der Waals surface area contributed by atoms with Gasteiger partial charge in [-0.2, -0.15) is 5.10 Å². The van der Waals surface area contributed by atoms with Gasteiger partial charge in [0, 0.05) is 13.1 Å². The lowest BCUT2D eigenvalue weighted by molar-refractivity contribution is 0.0315.